The molecule has 6 heteroatoms. The van der Waals surface area contributed by atoms with Crippen LogP contribution in [0.3, 0.4) is 0 Å². The Hall–Kier alpha value is -1.40. The van der Waals surface area contributed by atoms with Gasteiger partial charge in [-0.3, -0.25) is 0 Å². The summed E-state index contributed by atoms with van der Waals surface area (Å²) in [5.41, 5.74) is 0. The second-order valence-electron chi connectivity index (χ2n) is 4.77. The third-order valence-corrected chi connectivity index (χ3v) is 3.43. The molecule has 0 unspecified atom stereocenters. The van der Waals surface area contributed by atoms with Crippen molar-refractivity contribution >= 4 is 5.82 Å². The molecular formula is C13H22N4O2. The van der Waals surface area contributed by atoms with E-state index in [0.29, 0.717) is 24.3 Å². The minimum Gasteiger partial charge on any atom is -0.474 e. The summed E-state index contributed by atoms with van der Waals surface area (Å²) >= 11 is 0. The van der Waals surface area contributed by atoms with Crippen molar-refractivity contribution in [1.82, 2.24) is 15.3 Å². The predicted molar refractivity (Wildman–Crippen MR) is 73.3 cm³/mol. The number of aliphatic hydroxyl groups is 1. The van der Waals surface area contributed by atoms with Crippen LogP contribution in [0, 0.1) is 0 Å². The van der Waals surface area contributed by atoms with E-state index in [1.807, 2.05) is 7.05 Å². The Balaban J connectivity index is 1.85. The fourth-order valence-corrected chi connectivity index (χ4v) is 2.32. The Labute approximate surface area is 113 Å². The maximum atomic E-state index is 8.76. The van der Waals surface area contributed by atoms with Crippen LogP contribution in [0.2, 0.25) is 0 Å². The molecule has 0 atom stereocenters. The summed E-state index contributed by atoms with van der Waals surface area (Å²) in [5.74, 6) is 1.28. The normalized spacial score (nSPS) is 23.1. The first-order valence-electron chi connectivity index (χ1n) is 6.82. The van der Waals surface area contributed by atoms with E-state index in [-0.39, 0.29) is 12.7 Å². The SMILES string of the molecule is CN[C@H]1CC[C@@H](Oc2cc(NCCO)ncn2)CC1. The molecule has 106 valence electrons. The van der Waals surface area contributed by atoms with Gasteiger partial charge in [0.1, 0.15) is 18.2 Å². The van der Waals surface area contributed by atoms with E-state index in [0.717, 1.165) is 25.7 Å². The highest BCUT2D eigenvalue weighted by atomic mass is 16.5. The van der Waals surface area contributed by atoms with Crippen molar-refractivity contribution in [3.63, 3.8) is 0 Å². The first-order chi connectivity index (χ1) is 9.31. The van der Waals surface area contributed by atoms with Gasteiger partial charge >= 0.3 is 0 Å². The molecule has 0 saturated heterocycles. The molecule has 1 aromatic rings. The van der Waals surface area contributed by atoms with Crippen molar-refractivity contribution in [2.75, 3.05) is 25.5 Å². The lowest BCUT2D eigenvalue weighted by molar-refractivity contribution is 0.136. The zero-order valence-electron chi connectivity index (χ0n) is 11.3. The van der Waals surface area contributed by atoms with E-state index in [1.165, 1.54) is 6.33 Å². The van der Waals surface area contributed by atoms with E-state index in [2.05, 4.69) is 20.6 Å². The average Bonchev–Trinajstić information content (AvgIpc) is 2.46. The van der Waals surface area contributed by atoms with Crippen LogP contribution in [-0.4, -0.2) is 47.4 Å². The maximum absolute atomic E-state index is 8.76. The molecule has 0 aliphatic heterocycles. The molecule has 3 N–H and O–H groups in total. The predicted octanol–water partition coefficient (Wildman–Crippen LogP) is 0.790. The number of hydrogen-bond acceptors (Lipinski definition) is 6. The summed E-state index contributed by atoms with van der Waals surface area (Å²) in [7, 11) is 2.01. The molecule has 2 rings (SSSR count). The lowest BCUT2D eigenvalue weighted by Gasteiger charge is -2.28. The quantitative estimate of drug-likeness (QED) is 0.706. The molecule has 1 heterocycles. The van der Waals surface area contributed by atoms with Gasteiger partial charge in [0.15, 0.2) is 0 Å². The number of nitrogens with zero attached hydrogens (tertiary/aromatic N) is 2. The minimum absolute atomic E-state index is 0.0776. The molecule has 1 aliphatic rings. The molecule has 0 spiro atoms. The van der Waals surface area contributed by atoms with Crippen LogP contribution < -0.4 is 15.4 Å². The Morgan fingerprint density at radius 2 is 2.11 bits per heavy atom. The van der Waals surface area contributed by atoms with E-state index in [1.54, 1.807) is 6.07 Å². The molecule has 0 bridgehead atoms. The van der Waals surface area contributed by atoms with Crippen LogP contribution >= 0.6 is 0 Å². The molecule has 6 nitrogen and oxygen atoms in total. The third kappa shape index (κ3) is 4.33. The standard InChI is InChI=1S/C13H22N4O2/c1-14-10-2-4-11(5-3-10)19-13-8-12(15-6-7-18)16-9-17-13/h8-11,14,18H,2-7H2,1H3,(H,15,16,17)/t10-,11+. The molecule has 1 saturated carbocycles. The molecule has 1 aliphatic carbocycles. The van der Waals surface area contributed by atoms with Crippen LogP contribution in [0.4, 0.5) is 5.82 Å². The van der Waals surface area contributed by atoms with Crippen molar-refractivity contribution in [3.8, 4) is 5.88 Å². The molecule has 19 heavy (non-hydrogen) atoms. The number of aromatic nitrogens is 2. The number of nitrogens with one attached hydrogen (secondary N) is 2. The van der Waals surface area contributed by atoms with Gasteiger partial charge < -0.3 is 20.5 Å². The lowest BCUT2D eigenvalue weighted by Crippen LogP contribution is -2.34. The number of ether oxygens (including phenoxy) is 1. The van der Waals surface area contributed by atoms with Crippen LogP contribution in [-0.2, 0) is 0 Å². The number of anilines is 1. The Bertz CT molecular complexity index is 381. The summed E-state index contributed by atoms with van der Waals surface area (Å²) in [6, 6.07) is 2.40. The van der Waals surface area contributed by atoms with Gasteiger partial charge in [-0.1, -0.05) is 0 Å². The second-order valence-corrected chi connectivity index (χ2v) is 4.77. The number of hydrogen-bond donors (Lipinski definition) is 3. The van der Waals surface area contributed by atoms with Gasteiger partial charge in [-0.05, 0) is 32.7 Å². The van der Waals surface area contributed by atoms with Crippen molar-refractivity contribution in [2.24, 2.45) is 0 Å². The Morgan fingerprint density at radius 3 is 2.79 bits per heavy atom. The van der Waals surface area contributed by atoms with E-state index in [9.17, 15) is 0 Å². The Morgan fingerprint density at radius 1 is 1.32 bits per heavy atom. The first kappa shape index (κ1) is 14.0. The van der Waals surface area contributed by atoms with Crippen molar-refractivity contribution in [3.05, 3.63) is 12.4 Å². The highest BCUT2D eigenvalue weighted by Crippen LogP contribution is 2.23. The number of rotatable bonds is 6. The Kier molecular flexibility index (Phi) is 5.35. The van der Waals surface area contributed by atoms with Crippen molar-refractivity contribution in [2.45, 2.75) is 37.8 Å². The first-order valence-corrected chi connectivity index (χ1v) is 6.82. The summed E-state index contributed by atoms with van der Waals surface area (Å²) in [6.45, 7) is 0.554. The van der Waals surface area contributed by atoms with Crippen LogP contribution in [0.5, 0.6) is 5.88 Å². The monoisotopic (exact) mass is 266 g/mol. The van der Waals surface area contributed by atoms with Crippen LogP contribution in [0.25, 0.3) is 0 Å². The van der Waals surface area contributed by atoms with E-state index >= 15 is 0 Å². The zero-order valence-corrected chi connectivity index (χ0v) is 11.3. The van der Waals surface area contributed by atoms with Crippen molar-refractivity contribution in [1.29, 1.82) is 0 Å². The van der Waals surface area contributed by atoms with Gasteiger partial charge in [0.25, 0.3) is 0 Å². The topological polar surface area (TPSA) is 79.3 Å². The van der Waals surface area contributed by atoms with Gasteiger partial charge in [0.2, 0.25) is 5.88 Å². The lowest BCUT2D eigenvalue weighted by atomic mass is 9.93. The second kappa shape index (κ2) is 7.25. The largest absolute Gasteiger partial charge is 0.474 e. The highest BCUT2D eigenvalue weighted by molar-refractivity contribution is 5.36. The molecule has 0 aromatic carbocycles. The zero-order chi connectivity index (χ0) is 13.5. The van der Waals surface area contributed by atoms with Crippen LogP contribution in [0.1, 0.15) is 25.7 Å². The molecule has 0 amide bonds. The summed E-state index contributed by atoms with van der Waals surface area (Å²) in [6.07, 6.45) is 6.10. The summed E-state index contributed by atoms with van der Waals surface area (Å²) in [5, 5.41) is 15.1. The maximum Gasteiger partial charge on any atom is 0.218 e. The highest BCUT2D eigenvalue weighted by Gasteiger charge is 2.21. The fourth-order valence-electron chi connectivity index (χ4n) is 2.32. The summed E-state index contributed by atoms with van der Waals surface area (Å²) in [4.78, 5) is 8.20. The van der Waals surface area contributed by atoms with Crippen LogP contribution in [0.15, 0.2) is 12.4 Å². The van der Waals surface area contributed by atoms with E-state index in [4.69, 9.17) is 9.84 Å². The fraction of sp³-hybridized carbons (Fsp3) is 0.692. The smallest absolute Gasteiger partial charge is 0.218 e. The minimum atomic E-state index is 0.0776. The molecule has 0 radical (unpaired) electrons. The molecule has 1 aromatic heterocycles. The van der Waals surface area contributed by atoms with Gasteiger partial charge in [0, 0.05) is 18.7 Å². The van der Waals surface area contributed by atoms with Crippen molar-refractivity contribution < 1.29 is 9.84 Å². The van der Waals surface area contributed by atoms with Gasteiger partial charge in [-0.15, -0.1) is 0 Å². The van der Waals surface area contributed by atoms with Gasteiger partial charge in [0.05, 0.1) is 6.61 Å². The van der Waals surface area contributed by atoms with E-state index < -0.39 is 0 Å². The molecular weight excluding hydrogens is 244 g/mol. The number of aliphatic hydroxyl groups excluding tert-OH is 1. The third-order valence-electron chi connectivity index (χ3n) is 3.43. The average molecular weight is 266 g/mol. The molecule has 1 fully saturated rings. The summed E-state index contributed by atoms with van der Waals surface area (Å²) < 4.78 is 5.89. The van der Waals surface area contributed by atoms with Gasteiger partial charge in [-0.2, -0.15) is 0 Å². The van der Waals surface area contributed by atoms with Gasteiger partial charge in [-0.25, -0.2) is 9.97 Å².